The van der Waals surface area contributed by atoms with Gasteiger partial charge in [-0.15, -0.1) is 0 Å². The number of hydrogen-bond donors (Lipinski definition) is 0. The second-order valence-electron chi connectivity index (χ2n) is 8.16. The molecule has 0 N–H and O–H groups in total. The van der Waals surface area contributed by atoms with Gasteiger partial charge in [-0.1, -0.05) is 64.2 Å². The Balaban J connectivity index is 2.87. The summed E-state index contributed by atoms with van der Waals surface area (Å²) in [5.74, 6) is -0.180. The molecule has 26 heavy (non-hydrogen) atoms. The Morgan fingerprint density at radius 2 is 1.96 bits per heavy atom. The Morgan fingerprint density at radius 3 is 2.50 bits per heavy atom. The predicted molar refractivity (Wildman–Crippen MR) is 108 cm³/mol. The van der Waals surface area contributed by atoms with Gasteiger partial charge in [0.05, 0.1) is 12.3 Å². The summed E-state index contributed by atoms with van der Waals surface area (Å²) < 4.78 is 5.75. The minimum absolute atomic E-state index is 0.0684. The Hall–Kier alpha value is -1.90. The van der Waals surface area contributed by atoms with E-state index in [1.807, 2.05) is 26.0 Å². The van der Waals surface area contributed by atoms with Gasteiger partial charge in [-0.3, -0.25) is 9.59 Å². The molecule has 3 nitrogen and oxygen atoms in total. The fourth-order valence-corrected chi connectivity index (χ4v) is 3.20. The number of carbonyl (C=O) groups is 2. The number of carbonyl (C=O) groups excluding carboxylic acids is 2. The third-order valence-electron chi connectivity index (χ3n) is 5.75. The molecule has 0 amide bonds. The van der Waals surface area contributed by atoms with Crippen molar-refractivity contribution in [2.75, 3.05) is 0 Å². The SMILES string of the molecule is C=C/C=C\CC1=C(C)[C@@H](OC(=O)[C@H](C)C(C)(C)[C@@H](C)C=C(C)C)CC1=O. The zero-order valence-corrected chi connectivity index (χ0v) is 17.4. The fourth-order valence-electron chi connectivity index (χ4n) is 3.20. The molecule has 0 aromatic heterocycles. The van der Waals surface area contributed by atoms with Crippen LogP contribution in [0, 0.1) is 17.3 Å². The Labute approximate surface area is 158 Å². The first-order valence-electron chi connectivity index (χ1n) is 9.38. The number of ketones is 1. The van der Waals surface area contributed by atoms with Crippen LogP contribution in [0.25, 0.3) is 0 Å². The van der Waals surface area contributed by atoms with Crippen molar-refractivity contribution in [3.63, 3.8) is 0 Å². The molecule has 1 rings (SSSR count). The van der Waals surface area contributed by atoms with Crippen LogP contribution < -0.4 is 0 Å². The van der Waals surface area contributed by atoms with Gasteiger partial charge in [0.25, 0.3) is 0 Å². The topological polar surface area (TPSA) is 43.4 Å². The van der Waals surface area contributed by atoms with E-state index in [4.69, 9.17) is 4.74 Å². The molecule has 0 radical (unpaired) electrons. The van der Waals surface area contributed by atoms with Gasteiger partial charge in [0.1, 0.15) is 6.10 Å². The third kappa shape index (κ3) is 5.30. The van der Waals surface area contributed by atoms with E-state index in [2.05, 4.69) is 47.3 Å². The van der Waals surface area contributed by atoms with Crippen molar-refractivity contribution >= 4 is 11.8 Å². The molecule has 0 heterocycles. The molecule has 0 spiro atoms. The summed E-state index contributed by atoms with van der Waals surface area (Å²) >= 11 is 0. The van der Waals surface area contributed by atoms with Gasteiger partial charge in [0.2, 0.25) is 0 Å². The first kappa shape index (κ1) is 22.1. The average molecular weight is 359 g/mol. The summed E-state index contributed by atoms with van der Waals surface area (Å²) in [6.07, 6.45) is 7.99. The highest BCUT2D eigenvalue weighted by Crippen LogP contribution is 2.38. The lowest BCUT2D eigenvalue weighted by molar-refractivity contribution is -0.156. The van der Waals surface area contributed by atoms with Gasteiger partial charge >= 0.3 is 5.97 Å². The minimum Gasteiger partial charge on any atom is -0.457 e. The minimum atomic E-state index is -0.431. The first-order chi connectivity index (χ1) is 12.0. The third-order valence-corrected chi connectivity index (χ3v) is 5.75. The molecule has 0 unspecified atom stereocenters. The van der Waals surface area contributed by atoms with Crippen molar-refractivity contribution in [2.45, 2.75) is 67.4 Å². The van der Waals surface area contributed by atoms with Gasteiger partial charge < -0.3 is 4.74 Å². The molecular weight excluding hydrogens is 324 g/mol. The average Bonchev–Trinajstić information content (AvgIpc) is 2.80. The molecule has 3 heteroatoms. The maximum Gasteiger partial charge on any atom is 0.309 e. The lowest BCUT2D eigenvalue weighted by atomic mass is 9.70. The van der Waals surface area contributed by atoms with Crippen LogP contribution >= 0.6 is 0 Å². The highest BCUT2D eigenvalue weighted by atomic mass is 16.5. The van der Waals surface area contributed by atoms with Gasteiger partial charge in [-0.25, -0.2) is 0 Å². The molecule has 0 aliphatic heterocycles. The highest BCUT2D eigenvalue weighted by molar-refractivity contribution is 6.00. The van der Waals surface area contributed by atoms with Crippen LogP contribution in [0.1, 0.15) is 61.3 Å². The van der Waals surface area contributed by atoms with Crippen LogP contribution in [0.2, 0.25) is 0 Å². The second kappa shape index (κ2) is 9.16. The zero-order valence-electron chi connectivity index (χ0n) is 17.4. The summed E-state index contributed by atoms with van der Waals surface area (Å²) in [5.41, 5.74) is 2.64. The van der Waals surface area contributed by atoms with E-state index in [9.17, 15) is 9.59 Å². The number of Topliss-reactive ketones (excluding diaryl/α,β-unsaturated/α-hetero) is 1. The lowest BCUT2D eigenvalue weighted by Crippen LogP contribution is -2.36. The molecule has 0 saturated heterocycles. The molecule has 144 valence electrons. The first-order valence-corrected chi connectivity index (χ1v) is 9.38. The van der Waals surface area contributed by atoms with Crippen LogP contribution in [0.3, 0.4) is 0 Å². The molecule has 1 aliphatic rings. The highest BCUT2D eigenvalue weighted by Gasteiger charge is 2.39. The Morgan fingerprint density at radius 1 is 1.35 bits per heavy atom. The van der Waals surface area contributed by atoms with Gasteiger partial charge in [0, 0.05) is 5.57 Å². The lowest BCUT2D eigenvalue weighted by Gasteiger charge is -2.35. The molecule has 0 fully saturated rings. The van der Waals surface area contributed by atoms with Crippen molar-refractivity contribution in [3.05, 3.63) is 47.6 Å². The van der Waals surface area contributed by atoms with Crippen molar-refractivity contribution < 1.29 is 14.3 Å². The monoisotopic (exact) mass is 358 g/mol. The quantitative estimate of drug-likeness (QED) is 0.323. The van der Waals surface area contributed by atoms with E-state index in [0.717, 1.165) is 11.1 Å². The second-order valence-corrected chi connectivity index (χ2v) is 8.16. The van der Waals surface area contributed by atoms with E-state index >= 15 is 0 Å². The molecule has 0 aromatic carbocycles. The Kier molecular flexibility index (Phi) is 7.80. The van der Waals surface area contributed by atoms with Crippen molar-refractivity contribution in [3.8, 4) is 0 Å². The molecule has 3 atom stereocenters. The van der Waals surface area contributed by atoms with Crippen LogP contribution in [0.5, 0.6) is 0 Å². The summed E-state index contributed by atoms with van der Waals surface area (Å²) in [5, 5.41) is 0. The molecular formula is C23H34O3. The molecule has 0 bridgehead atoms. The van der Waals surface area contributed by atoms with Crippen LogP contribution in [-0.2, 0) is 14.3 Å². The summed E-state index contributed by atoms with van der Waals surface area (Å²) in [6.45, 7) is 17.9. The van der Waals surface area contributed by atoms with Crippen molar-refractivity contribution in [1.29, 1.82) is 0 Å². The maximum atomic E-state index is 12.8. The summed E-state index contributed by atoms with van der Waals surface area (Å²) in [6, 6.07) is 0. The van der Waals surface area contributed by atoms with E-state index < -0.39 is 6.10 Å². The largest absolute Gasteiger partial charge is 0.457 e. The Bertz CT molecular complexity index is 642. The van der Waals surface area contributed by atoms with Crippen LogP contribution in [-0.4, -0.2) is 17.9 Å². The number of esters is 1. The van der Waals surface area contributed by atoms with E-state index in [-0.39, 0.29) is 35.4 Å². The number of hydrogen-bond acceptors (Lipinski definition) is 3. The smallest absolute Gasteiger partial charge is 0.309 e. The van der Waals surface area contributed by atoms with Gasteiger partial charge in [-0.2, -0.15) is 0 Å². The van der Waals surface area contributed by atoms with E-state index in [0.29, 0.717) is 6.42 Å². The standard InChI is InChI=1S/C23H34O3/c1-9-10-11-12-19-17(5)21(14-20(19)24)26-22(25)18(6)23(7,8)16(4)13-15(2)3/h9-11,13,16,18,21H,1,12,14H2,2-8H3/b11-10-/t16-,18-,21-/m0/s1. The van der Waals surface area contributed by atoms with Crippen LogP contribution in [0.15, 0.2) is 47.6 Å². The molecule has 1 aliphatic carbocycles. The number of ether oxygens (including phenoxy) is 1. The normalized spacial score (nSPS) is 20.3. The fraction of sp³-hybridized carbons (Fsp3) is 0.565. The van der Waals surface area contributed by atoms with Crippen molar-refractivity contribution in [2.24, 2.45) is 17.3 Å². The van der Waals surface area contributed by atoms with Gasteiger partial charge in [-0.05, 0) is 44.1 Å². The summed E-state index contributed by atoms with van der Waals surface area (Å²) in [4.78, 5) is 25.0. The van der Waals surface area contributed by atoms with E-state index in [1.165, 1.54) is 5.57 Å². The molecule has 0 saturated carbocycles. The van der Waals surface area contributed by atoms with Gasteiger partial charge in [0.15, 0.2) is 5.78 Å². The van der Waals surface area contributed by atoms with Crippen molar-refractivity contribution in [1.82, 2.24) is 0 Å². The predicted octanol–water partition coefficient (Wildman–Crippen LogP) is 5.58. The zero-order chi connectivity index (χ0) is 20.1. The number of allylic oxidation sites excluding steroid dienone is 6. The van der Waals surface area contributed by atoms with Crippen LogP contribution in [0.4, 0.5) is 0 Å². The maximum absolute atomic E-state index is 12.8. The molecule has 0 aromatic rings. The number of rotatable bonds is 8. The summed E-state index contributed by atoms with van der Waals surface area (Å²) in [7, 11) is 0. The van der Waals surface area contributed by atoms with E-state index in [1.54, 1.807) is 6.08 Å².